The smallest absolute Gasteiger partial charge is 0.258 e. The highest BCUT2D eigenvalue weighted by atomic mass is 35.5. The summed E-state index contributed by atoms with van der Waals surface area (Å²) < 4.78 is 0. The van der Waals surface area contributed by atoms with Gasteiger partial charge in [0.05, 0.1) is 16.1 Å². The first-order valence-electron chi connectivity index (χ1n) is 6.31. The van der Waals surface area contributed by atoms with Gasteiger partial charge in [-0.1, -0.05) is 23.7 Å². The summed E-state index contributed by atoms with van der Waals surface area (Å²) in [6, 6.07) is 8.84. The Morgan fingerprint density at radius 2 is 2.05 bits per heavy atom. The predicted octanol–water partition coefficient (Wildman–Crippen LogP) is 4.02. The number of nitrogens with zero attached hydrogens (tertiary/aromatic N) is 1. The van der Waals surface area contributed by atoms with Crippen molar-refractivity contribution in [3.8, 4) is 6.07 Å². The molecule has 22 heavy (non-hydrogen) atoms. The standard InChI is InChI=1S/C15H12ClN3OS2/c1-8-9(2)22-14(11(8)7-17)19-15(21)18-13(20)10-5-3-4-6-12(10)16/h3-6H,1-2H3,(H2,18,19,20,21). The van der Waals surface area contributed by atoms with Crippen molar-refractivity contribution >= 4 is 51.2 Å². The molecule has 0 spiro atoms. The Bertz CT molecular complexity index is 793. The minimum atomic E-state index is -0.397. The number of benzene rings is 1. The lowest BCUT2D eigenvalue weighted by atomic mass is 10.2. The number of amides is 1. The Morgan fingerprint density at radius 1 is 1.36 bits per heavy atom. The van der Waals surface area contributed by atoms with E-state index in [1.54, 1.807) is 24.3 Å². The normalized spacial score (nSPS) is 9.91. The number of hydrogen-bond donors (Lipinski definition) is 2. The number of hydrogen-bond acceptors (Lipinski definition) is 4. The van der Waals surface area contributed by atoms with Crippen LogP contribution in [-0.2, 0) is 0 Å². The van der Waals surface area contributed by atoms with Gasteiger partial charge in [-0.25, -0.2) is 0 Å². The van der Waals surface area contributed by atoms with E-state index in [0.717, 1.165) is 10.4 Å². The van der Waals surface area contributed by atoms with Crippen LogP contribution in [0.25, 0.3) is 0 Å². The van der Waals surface area contributed by atoms with Crippen LogP contribution in [0.15, 0.2) is 24.3 Å². The van der Waals surface area contributed by atoms with Crippen LogP contribution in [0.3, 0.4) is 0 Å². The van der Waals surface area contributed by atoms with E-state index in [2.05, 4.69) is 16.7 Å². The van der Waals surface area contributed by atoms with Crippen LogP contribution in [0, 0.1) is 25.2 Å². The lowest BCUT2D eigenvalue weighted by Crippen LogP contribution is -2.34. The SMILES string of the molecule is Cc1sc(NC(=S)NC(=O)c2ccccc2Cl)c(C#N)c1C. The summed E-state index contributed by atoms with van der Waals surface area (Å²) in [6.07, 6.45) is 0. The van der Waals surface area contributed by atoms with Crippen molar-refractivity contribution < 1.29 is 4.79 Å². The predicted molar refractivity (Wildman–Crippen MR) is 93.6 cm³/mol. The molecule has 0 fully saturated rings. The molecule has 0 bridgehead atoms. The van der Waals surface area contributed by atoms with Gasteiger partial charge < -0.3 is 5.32 Å². The van der Waals surface area contributed by atoms with Gasteiger partial charge in [0, 0.05) is 4.88 Å². The van der Waals surface area contributed by atoms with E-state index in [1.807, 2.05) is 13.8 Å². The lowest BCUT2D eigenvalue weighted by Gasteiger charge is -2.09. The molecule has 0 unspecified atom stereocenters. The Balaban J connectivity index is 2.12. The number of thiophene rings is 1. The Hall–Kier alpha value is -1.94. The molecule has 2 aromatic rings. The first kappa shape index (κ1) is 16.4. The van der Waals surface area contributed by atoms with Crippen LogP contribution in [0.1, 0.15) is 26.4 Å². The van der Waals surface area contributed by atoms with E-state index in [0.29, 0.717) is 21.2 Å². The molecular formula is C15H12ClN3OS2. The summed E-state index contributed by atoms with van der Waals surface area (Å²) in [7, 11) is 0. The van der Waals surface area contributed by atoms with E-state index in [1.165, 1.54) is 11.3 Å². The first-order valence-corrected chi connectivity index (χ1v) is 7.91. The highest BCUT2D eigenvalue weighted by Crippen LogP contribution is 2.31. The average molecular weight is 350 g/mol. The number of nitrogens with one attached hydrogen (secondary N) is 2. The fourth-order valence-electron chi connectivity index (χ4n) is 1.80. The lowest BCUT2D eigenvalue weighted by molar-refractivity contribution is 0.0978. The number of thiocarbonyl (C=S) groups is 1. The van der Waals surface area contributed by atoms with Crippen molar-refractivity contribution in [1.29, 1.82) is 5.26 Å². The van der Waals surface area contributed by atoms with Crippen LogP contribution in [-0.4, -0.2) is 11.0 Å². The van der Waals surface area contributed by atoms with E-state index in [4.69, 9.17) is 23.8 Å². The van der Waals surface area contributed by atoms with Crippen molar-refractivity contribution in [2.24, 2.45) is 0 Å². The third-order valence-electron chi connectivity index (χ3n) is 3.07. The van der Waals surface area contributed by atoms with Gasteiger partial charge >= 0.3 is 0 Å². The van der Waals surface area contributed by atoms with Crippen LogP contribution >= 0.6 is 35.2 Å². The number of aryl methyl sites for hydroxylation is 1. The summed E-state index contributed by atoms with van der Waals surface area (Å²) in [5, 5.41) is 15.8. The first-order chi connectivity index (χ1) is 10.4. The van der Waals surface area contributed by atoms with Gasteiger partial charge in [-0.05, 0) is 43.8 Å². The molecule has 0 saturated carbocycles. The number of nitriles is 1. The number of rotatable bonds is 2. The van der Waals surface area contributed by atoms with Crippen LogP contribution in [0.2, 0.25) is 5.02 Å². The molecule has 1 aromatic heterocycles. The zero-order valence-electron chi connectivity index (χ0n) is 11.9. The molecule has 2 N–H and O–H groups in total. The maximum Gasteiger partial charge on any atom is 0.258 e. The Labute approximate surface area is 142 Å². The summed E-state index contributed by atoms with van der Waals surface area (Å²) >= 11 is 12.5. The second kappa shape index (κ2) is 6.88. The fourth-order valence-corrected chi connectivity index (χ4v) is 3.30. The molecule has 7 heteroatoms. The molecule has 1 amide bonds. The second-order valence-corrected chi connectivity index (χ2v) is 6.53. The van der Waals surface area contributed by atoms with Crippen LogP contribution in [0.4, 0.5) is 5.00 Å². The second-order valence-electron chi connectivity index (χ2n) is 4.49. The Kier molecular flexibility index (Phi) is 5.14. The molecule has 0 atom stereocenters. The number of halogens is 1. The summed E-state index contributed by atoms with van der Waals surface area (Å²) in [5.74, 6) is -0.397. The molecule has 1 aromatic carbocycles. The molecule has 0 aliphatic heterocycles. The minimum Gasteiger partial charge on any atom is -0.323 e. The van der Waals surface area contributed by atoms with Gasteiger partial charge in [-0.3, -0.25) is 10.1 Å². The molecule has 0 aliphatic rings. The molecule has 0 radical (unpaired) electrons. The van der Waals surface area contributed by atoms with E-state index in [9.17, 15) is 10.1 Å². The molecule has 112 valence electrons. The molecule has 0 saturated heterocycles. The molecule has 1 heterocycles. The largest absolute Gasteiger partial charge is 0.323 e. The zero-order chi connectivity index (χ0) is 16.3. The molecular weight excluding hydrogens is 338 g/mol. The van der Waals surface area contributed by atoms with Gasteiger partial charge in [-0.15, -0.1) is 11.3 Å². The monoisotopic (exact) mass is 349 g/mol. The maximum absolute atomic E-state index is 12.1. The Morgan fingerprint density at radius 3 is 2.68 bits per heavy atom. The van der Waals surface area contributed by atoms with Crippen molar-refractivity contribution in [3.05, 3.63) is 50.9 Å². The van der Waals surface area contributed by atoms with E-state index >= 15 is 0 Å². The van der Waals surface area contributed by atoms with Crippen LogP contribution in [0.5, 0.6) is 0 Å². The number of anilines is 1. The number of carbonyl (C=O) groups excluding carboxylic acids is 1. The van der Waals surface area contributed by atoms with Gasteiger partial charge in [0.1, 0.15) is 11.1 Å². The van der Waals surface area contributed by atoms with Gasteiger partial charge in [0.25, 0.3) is 5.91 Å². The quantitative estimate of drug-likeness (QED) is 0.804. The molecule has 2 rings (SSSR count). The highest BCUT2D eigenvalue weighted by Gasteiger charge is 2.15. The molecule has 0 aliphatic carbocycles. The highest BCUT2D eigenvalue weighted by molar-refractivity contribution is 7.80. The van der Waals surface area contributed by atoms with Gasteiger partial charge in [-0.2, -0.15) is 5.26 Å². The van der Waals surface area contributed by atoms with Crippen molar-refractivity contribution in [2.75, 3.05) is 5.32 Å². The average Bonchev–Trinajstić information content (AvgIpc) is 2.73. The van der Waals surface area contributed by atoms with E-state index in [-0.39, 0.29) is 5.11 Å². The van der Waals surface area contributed by atoms with E-state index < -0.39 is 5.91 Å². The van der Waals surface area contributed by atoms with Crippen molar-refractivity contribution in [3.63, 3.8) is 0 Å². The number of carbonyl (C=O) groups is 1. The maximum atomic E-state index is 12.1. The summed E-state index contributed by atoms with van der Waals surface area (Å²) in [4.78, 5) is 13.1. The van der Waals surface area contributed by atoms with Gasteiger partial charge in [0.2, 0.25) is 0 Å². The summed E-state index contributed by atoms with van der Waals surface area (Å²) in [6.45, 7) is 3.80. The summed E-state index contributed by atoms with van der Waals surface area (Å²) in [5.41, 5.74) is 1.79. The zero-order valence-corrected chi connectivity index (χ0v) is 14.2. The van der Waals surface area contributed by atoms with Crippen LogP contribution < -0.4 is 10.6 Å². The minimum absolute atomic E-state index is 0.127. The third kappa shape index (κ3) is 3.45. The fraction of sp³-hybridized carbons (Fsp3) is 0.133. The topological polar surface area (TPSA) is 64.9 Å². The van der Waals surface area contributed by atoms with Crippen molar-refractivity contribution in [2.45, 2.75) is 13.8 Å². The van der Waals surface area contributed by atoms with Gasteiger partial charge in [0.15, 0.2) is 5.11 Å². The van der Waals surface area contributed by atoms with Crippen molar-refractivity contribution in [1.82, 2.24) is 5.32 Å². The molecule has 4 nitrogen and oxygen atoms in total. The third-order valence-corrected chi connectivity index (χ3v) is 4.73.